The average molecular weight is 386 g/mol. The minimum absolute atomic E-state index is 0.0227. The first-order valence-corrected chi connectivity index (χ1v) is 10.1. The second-order valence-corrected chi connectivity index (χ2v) is 8.29. The number of hydrogen-bond acceptors (Lipinski definition) is 4. The van der Waals surface area contributed by atoms with Crippen LogP contribution >= 0.6 is 0 Å². The van der Waals surface area contributed by atoms with Crippen LogP contribution in [0.25, 0.3) is 0 Å². The Labute approximate surface area is 166 Å². The number of imide groups is 1. The minimum atomic E-state index is -0.446. The second-order valence-electron chi connectivity index (χ2n) is 8.29. The van der Waals surface area contributed by atoms with E-state index in [2.05, 4.69) is 10.2 Å². The van der Waals surface area contributed by atoms with Crippen molar-refractivity contribution in [2.24, 2.45) is 11.8 Å². The Morgan fingerprint density at radius 2 is 1.57 bits per heavy atom. The number of anilines is 2. The van der Waals surface area contributed by atoms with E-state index in [0.717, 1.165) is 18.8 Å². The molecule has 2 aliphatic heterocycles. The molecule has 1 unspecified atom stereocenters. The fourth-order valence-electron chi connectivity index (χ4n) is 3.77. The normalized spacial score (nSPS) is 20.4. The molecule has 7 heteroatoms. The number of rotatable bonds is 5. The molecular weight excluding hydrogens is 356 g/mol. The van der Waals surface area contributed by atoms with Crippen LogP contribution in [-0.4, -0.2) is 55.0 Å². The Morgan fingerprint density at radius 3 is 2.11 bits per heavy atom. The topological polar surface area (TPSA) is 73.0 Å². The van der Waals surface area contributed by atoms with Gasteiger partial charge in [-0.1, -0.05) is 27.7 Å². The van der Waals surface area contributed by atoms with Crippen molar-refractivity contribution in [3.05, 3.63) is 24.3 Å². The zero-order chi connectivity index (χ0) is 20.4. The third kappa shape index (κ3) is 4.13. The number of nitrogens with zero attached hydrogens (tertiary/aromatic N) is 3. The number of piperazine rings is 1. The third-order valence-electron chi connectivity index (χ3n) is 5.28. The quantitative estimate of drug-likeness (QED) is 0.789. The van der Waals surface area contributed by atoms with Gasteiger partial charge >= 0.3 is 6.03 Å². The maximum Gasteiger partial charge on any atom is 0.329 e. The van der Waals surface area contributed by atoms with Crippen molar-refractivity contribution in [2.45, 2.75) is 40.2 Å². The summed E-state index contributed by atoms with van der Waals surface area (Å²) >= 11 is 0. The zero-order valence-electron chi connectivity index (χ0n) is 17.1. The van der Waals surface area contributed by atoms with Gasteiger partial charge in [-0.3, -0.25) is 9.59 Å². The molecule has 3 rings (SSSR count). The molecule has 1 aromatic carbocycles. The molecule has 0 spiro atoms. The fraction of sp³-hybridized carbons (Fsp3) is 0.571. The van der Waals surface area contributed by atoms with Gasteiger partial charge in [-0.05, 0) is 36.6 Å². The first-order chi connectivity index (χ1) is 13.3. The first-order valence-electron chi connectivity index (χ1n) is 10.1. The minimum Gasteiger partial charge on any atom is -0.368 e. The molecule has 0 aliphatic carbocycles. The molecule has 152 valence electrons. The number of nitrogens with one attached hydrogen (secondary N) is 1. The SMILES string of the molecule is CC(C)CC1NC(=O)N(c2ccc(N3CCN(C(=O)C(C)C)CC3)cc2)C1=O. The van der Waals surface area contributed by atoms with Gasteiger partial charge in [0.15, 0.2) is 0 Å². The number of urea groups is 1. The van der Waals surface area contributed by atoms with Crippen LogP contribution in [0.15, 0.2) is 24.3 Å². The summed E-state index contributed by atoms with van der Waals surface area (Å²) in [6.07, 6.45) is 0.637. The Hall–Kier alpha value is -2.57. The predicted octanol–water partition coefficient (Wildman–Crippen LogP) is 2.46. The van der Waals surface area contributed by atoms with Crippen LogP contribution < -0.4 is 15.1 Å². The molecule has 4 amide bonds. The van der Waals surface area contributed by atoms with Gasteiger partial charge in [0.05, 0.1) is 5.69 Å². The van der Waals surface area contributed by atoms with Crippen molar-refractivity contribution < 1.29 is 14.4 Å². The summed E-state index contributed by atoms with van der Waals surface area (Å²) in [5, 5.41) is 2.78. The number of hydrogen-bond donors (Lipinski definition) is 1. The van der Waals surface area contributed by atoms with E-state index in [1.54, 1.807) is 0 Å². The number of benzene rings is 1. The van der Waals surface area contributed by atoms with Crippen molar-refractivity contribution in [1.29, 1.82) is 0 Å². The van der Waals surface area contributed by atoms with Gasteiger partial charge in [-0.15, -0.1) is 0 Å². The maximum absolute atomic E-state index is 12.6. The van der Waals surface area contributed by atoms with E-state index in [1.807, 2.05) is 56.9 Å². The molecule has 0 aromatic heterocycles. The Kier molecular flexibility index (Phi) is 5.91. The molecule has 28 heavy (non-hydrogen) atoms. The van der Waals surface area contributed by atoms with E-state index in [1.165, 1.54) is 4.90 Å². The summed E-state index contributed by atoms with van der Waals surface area (Å²) in [6.45, 7) is 10.9. The van der Waals surface area contributed by atoms with Crippen LogP contribution in [0.4, 0.5) is 16.2 Å². The molecule has 0 bridgehead atoms. The monoisotopic (exact) mass is 386 g/mol. The summed E-state index contributed by atoms with van der Waals surface area (Å²) < 4.78 is 0. The highest BCUT2D eigenvalue weighted by atomic mass is 16.2. The molecule has 2 heterocycles. The van der Waals surface area contributed by atoms with Crippen molar-refractivity contribution in [2.75, 3.05) is 36.0 Å². The van der Waals surface area contributed by atoms with Crippen molar-refractivity contribution >= 4 is 29.2 Å². The fourth-order valence-corrected chi connectivity index (χ4v) is 3.77. The van der Waals surface area contributed by atoms with E-state index in [9.17, 15) is 14.4 Å². The standard InChI is InChI=1S/C21H30N4O3/c1-14(2)13-18-20(27)25(21(28)22-18)17-7-5-16(6-8-17)23-9-11-24(12-10-23)19(26)15(3)4/h5-8,14-15,18H,9-13H2,1-4H3,(H,22,28). The highest BCUT2D eigenvalue weighted by Gasteiger charge is 2.39. The molecule has 0 saturated carbocycles. The summed E-state index contributed by atoms with van der Waals surface area (Å²) in [6, 6.07) is 6.70. The summed E-state index contributed by atoms with van der Waals surface area (Å²) in [5.74, 6) is 0.365. The van der Waals surface area contributed by atoms with Crippen LogP contribution in [0.5, 0.6) is 0 Å². The second kappa shape index (κ2) is 8.20. The molecule has 1 aromatic rings. The lowest BCUT2D eigenvalue weighted by atomic mass is 10.0. The largest absolute Gasteiger partial charge is 0.368 e. The van der Waals surface area contributed by atoms with Gasteiger partial charge in [-0.25, -0.2) is 9.69 Å². The lowest BCUT2D eigenvalue weighted by molar-refractivity contribution is -0.134. The van der Waals surface area contributed by atoms with E-state index < -0.39 is 6.04 Å². The smallest absolute Gasteiger partial charge is 0.329 e. The van der Waals surface area contributed by atoms with Crippen LogP contribution in [0, 0.1) is 11.8 Å². The Balaban J connectivity index is 1.64. The van der Waals surface area contributed by atoms with E-state index in [4.69, 9.17) is 0 Å². The van der Waals surface area contributed by atoms with Crippen LogP contribution in [0.1, 0.15) is 34.1 Å². The molecule has 0 radical (unpaired) electrons. The van der Waals surface area contributed by atoms with E-state index in [-0.39, 0.29) is 23.8 Å². The zero-order valence-corrected chi connectivity index (χ0v) is 17.1. The molecule has 2 aliphatic rings. The molecule has 2 saturated heterocycles. The van der Waals surface area contributed by atoms with E-state index >= 15 is 0 Å². The van der Waals surface area contributed by atoms with Crippen molar-refractivity contribution in [3.8, 4) is 0 Å². The Morgan fingerprint density at radius 1 is 1.00 bits per heavy atom. The van der Waals surface area contributed by atoms with Gasteiger partial charge in [-0.2, -0.15) is 0 Å². The van der Waals surface area contributed by atoms with Gasteiger partial charge in [0.1, 0.15) is 6.04 Å². The highest BCUT2D eigenvalue weighted by Crippen LogP contribution is 2.26. The van der Waals surface area contributed by atoms with E-state index in [0.29, 0.717) is 31.1 Å². The number of carbonyl (C=O) groups excluding carboxylic acids is 3. The molecule has 1 atom stereocenters. The summed E-state index contributed by atoms with van der Waals surface area (Å²) in [7, 11) is 0. The van der Waals surface area contributed by atoms with Gasteiger partial charge in [0.25, 0.3) is 5.91 Å². The molecular formula is C21H30N4O3. The molecule has 7 nitrogen and oxygen atoms in total. The summed E-state index contributed by atoms with van der Waals surface area (Å²) in [4.78, 5) is 42.3. The first kappa shape index (κ1) is 20.2. The highest BCUT2D eigenvalue weighted by molar-refractivity contribution is 6.21. The van der Waals surface area contributed by atoms with Gasteiger partial charge in [0, 0.05) is 37.8 Å². The summed E-state index contributed by atoms with van der Waals surface area (Å²) in [5.41, 5.74) is 1.62. The predicted molar refractivity (Wildman–Crippen MR) is 109 cm³/mol. The lowest BCUT2D eigenvalue weighted by Gasteiger charge is -2.37. The number of amides is 4. The Bertz CT molecular complexity index is 737. The molecule has 1 N–H and O–H groups in total. The van der Waals surface area contributed by atoms with Crippen LogP contribution in [0.2, 0.25) is 0 Å². The number of carbonyl (C=O) groups is 3. The van der Waals surface area contributed by atoms with Crippen molar-refractivity contribution in [1.82, 2.24) is 10.2 Å². The van der Waals surface area contributed by atoms with Gasteiger partial charge in [0.2, 0.25) is 5.91 Å². The lowest BCUT2D eigenvalue weighted by Crippen LogP contribution is -2.49. The van der Waals surface area contributed by atoms with Crippen molar-refractivity contribution in [3.63, 3.8) is 0 Å². The van der Waals surface area contributed by atoms with Crippen LogP contribution in [0.3, 0.4) is 0 Å². The average Bonchev–Trinajstić information content (AvgIpc) is 2.94. The van der Waals surface area contributed by atoms with Gasteiger partial charge < -0.3 is 15.1 Å². The van der Waals surface area contributed by atoms with Crippen LogP contribution in [-0.2, 0) is 9.59 Å². The maximum atomic E-state index is 12.6. The third-order valence-corrected chi connectivity index (χ3v) is 5.28. The molecule has 2 fully saturated rings.